The van der Waals surface area contributed by atoms with Gasteiger partial charge in [0.1, 0.15) is 0 Å². The predicted octanol–water partition coefficient (Wildman–Crippen LogP) is 1.78. The predicted molar refractivity (Wildman–Crippen MR) is 82.9 cm³/mol. The summed E-state index contributed by atoms with van der Waals surface area (Å²) in [6, 6.07) is 7.43. The highest BCUT2D eigenvalue weighted by atomic mass is 16.5. The number of fused-ring (bicyclic) bond motifs is 1. The first-order chi connectivity index (χ1) is 10.6. The zero-order valence-corrected chi connectivity index (χ0v) is 13.1. The first-order valence-corrected chi connectivity index (χ1v) is 7.89. The van der Waals surface area contributed by atoms with Crippen molar-refractivity contribution >= 4 is 11.8 Å². The van der Waals surface area contributed by atoms with Crippen molar-refractivity contribution in [3.8, 4) is 0 Å². The average molecular weight is 302 g/mol. The summed E-state index contributed by atoms with van der Waals surface area (Å²) < 4.78 is 5.62. The molecule has 1 saturated heterocycles. The van der Waals surface area contributed by atoms with Crippen LogP contribution < -0.4 is 0 Å². The number of nitrogens with zero attached hydrogens (tertiary/aromatic N) is 2. The number of hydrogen-bond acceptors (Lipinski definition) is 4. The van der Waals surface area contributed by atoms with E-state index in [1.54, 1.807) is 24.3 Å². The second-order valence-electron chi connectivity index (χ2n) is 6.15. The van der Waals surface area contributed by atoms with Crippen molar-refractivity contribution in [1.29, 1.82) is 0 Å². The molecule has 3 rings (SSSR count). The fraction of sp³-hybridized carbons (Fsp3) is 0.529. The zero-order valence-electron chi connectivity index (χ0n) is 13.1. The van der Waals surface area contributed by atoms with Gasteiger partial charge in [-0.15, -0.1) is 0 Å². The third-order valence-electron chi connectivity index (χ3n) is 4.44. The van der Waals surface area contributed by atoms with Crippen molar-refractivity contribution in [3.63, 3.8) is 0 Å². The molecule has 2 heterocycles. The first kappa shape index (κ1) is 15.2. The van der Waals surface area contributed by atoms with Crippen molar-refractivity contribution in [2.75, 3.05) is 26.2 Å². The molecule has 5 heteroatoms. The summed E-state index contributed by atoms with van der Waals surface area (Å²) in [5.41, 5.74) is 1.06. The Hall–Kier alpha value is -1.72. The second-order valence-corrected chi connectivity index (χ2v) is 6.15. The van der Waals surface area contributed by atoms with Gasteiger partial charge < -0.3 is 4.74 Å². The number of benzene rings is 1. The molecule has 0 saturated carbocycles. The Labute approximate surface area is 130 Å². The highest BCUT2D eigenvalue weighted by molar-refractivity contribution is 6.21. The van der Waals surface area contributed by atoms with E-state index in [4.69, 9.17) is 4.74 Å². The van der Waals surface area contributed by atoms with Gasteiger partial charge in [-0.25, -0.2) is 0 Å². The third-order valence-corrected chi connectivity index (χ3v) is 4.44. The van der Waals surface area contributed by atoms with Gasteiger partial charge in [0.05, 0.1) is 23.8 Å². The lowest BCUT2D eigenvalue weighted by atomic mass is 10.1. The maximum absolute atomic E-state index is 12.3. The molecule has 0 aliphatic carbocycles. The van der Waals surface area contributed by atoms with E-state index in [9.17, 15) is 9.59 Å². The summed E-state index contributed by atoms with van der Waals surface area (Å²) in [4.78, 5) is 28.3. The van der Waals surface area contributed by atoms with Crippen LogP contribution in [0.25, 0.3) is 0 Å². The molecule has 0 unspecified atom stereocenters. The number of ether oxygens (including phenoxy) is 1. The molecule has 2 aliphatic rings. The quantitative estimate of drug-likeness (QED) is 0.796. The van der Waals surface area contributed by atoms with Crippen LogP contribution in [-0.4, -0.2) is 60.0 Å². The van der Waals surface area contributed by atoms with Crippen LogP contribution in [0.1, 0.15) is 41.0 Å². The van der Waals surface area contributed by atoms with Crippen LogP contribution in [0.5, 0.6) is 0 Å². The maximum Gasteiger partial charge on any atom is 0.261 e. The number of carbonyl (C=O) groups is 2. The van der Waals surface area contributed by atoms with E-state index in [-0.39, 0.29) is 17.9 Å². The lowest BCUT2D eigenvalue weighted by Gasteiger charge is -2.36. The Morgan fingerprint density at radius 1 is 1.09 bits per heavy atom. The van der Waals surface area contributed by atoms with E-state index in [1.165, 1.54) is 4.90 Å². The van der Waals surface area contributed by atoms with Gasteiger partial charge in [0, 0.05) is 25.7 Å². The van der Waals surface area contributed by atoms with Gasteiger partial charge in [0.15, 0.2) is 0 Å². The summed E-state index contributed by atoms with van der Waals surface area (Å²) in [6.07, 6.45) is 1.04. The van der Waals surface area contributed by atoms with Gasteiger partial charge in [-0.3, -0.25) is 19.4 Å². The van der Waals surface area contributed by atoms with Gasteiger partial charge in [-0.2, -0.15) is 0 Å². The summed E-state index contributed by atoms with van der Waals surface area (Å²) >= 11 is 0. The average Bonchev–Trinajstić information content (AvgIpc) is 2.76. The van der Waals surface area contributed by atoms with E-state index in [0.29, 0.717) is 23.7 Å². The fourth-order valence-electron chi connectivity index (χ4n) is 3.16. The Morgan fingerprint density at radius 2 is 1.73 bits per heavy atom. The van der Waals surface area contributed by atoms with Crippen LogP contribution in [0.15, 0.2) is 24.3 Å². The molecule has 2 amide bonds. The highest BCUT2D eigenvalue weighted by Gasteiger charge is 2.34. The number of imide groups is 1. The van der Waals surface area contributed by atoms with Crippen molar-refractivity contribution in [2.24, 2.45) is 0 Å². The van der Waals surface area contributed by atoms with Crippen molar-refractivity contribution in [1.82, 2.24) is 9.80 Å². The lowest BCUT2D eigenvalue weighted by molar-refractivity contribution is -0.0498. The molecule has 2 atom stereocenters. The third kappa shape index (κ3) is 2.78. The largest absolute Gasteiger partial charge is 0.376 e. The molecule has 1 aromatic rings. The van der Waals surface area contributed by atoms with Crippen LogP contribution in [-0.2, 0) is 4.74 Å². The molecule has 0 spiro atoms. The summed E-state index contributed by atoms with van der Waals surface area (Å²) in [5.74, 6) is -0.326. The molecule has 0 aromatic heterocycles. The molecule has 5 nitrogen and oxygen atoms in total. The van der Waals surface area contributed by atoms with E-state index in [1.807, 2.05) is 0 Å². The second kappa shape index (κ2) is 6.18. The van der Waals surface area contributed by atoms with Crippen molar-refractivity contribution in [3.05, 3.63) is 35.4 Å². The summed E-state index contributed by atoms with van der Waals surface area (Å²) in [5, 5.41) is 0. The molecule has 0 bridgehead atoms. The van der Waals surface area contributed by atoms with Gasteiger partial charge in [-0.05, 0) is 32.4 Å². The SMILES string of the molecule is C[C@@H]1CO[C@@H](C)CN1CCCN1C(=O)c2ccccc2C1=O. The summed E-state index contributed by atoms with van der Waals surface area (Å²) in [7, 11) is 0. The lowest BCUT2D eigenvalue weighted by Crippen LogP contribution is -2.48. The van der Waals surface area contributed by atoms with Crippen LogP contribution in [0.2, 0.25) is 0 Å². The molecule has 1 fully saturated rings. The van der Waals surface area contributed by atoms with E-state index in [2.05, 4.69) is 18.7 Å². The van der Waals surface area contributed by atoms with E-state index < -0.39 is 0 Å². The standard InChI is InChI=1S/C17H22N2O3/c1-12-11-22-13(2)10-18(12)8-5-9-19-16(20)14-6-3-4-7-15(14)17(19)21/h3-4,6-7,12-13H,5,8-11H2,1-2H3/t12-,13+/m1/s1. The van der Waals surface area contributed by atoms with E-state index in [0.717, 1.165) is 26.1 Å². The Kier molecular flexibility index (Phi) is 4.27. The number of hydrogen-bond donors (Lipinski definition) is 0. The number of morpholine rings is 1. The van der Waals surface area contributed by atoms with Crippen LogP contribution in [0.4, 0.5) is 0 Å². The fourth-order valence-corrected chi connectivity index (χ4v) is 3.16. The minimum atomic E-state index is -0.163. The minimum absolute atomic E-state index is 0.163. The summed E-state index contributed by atoms with van der Waals surface area (Å²) in [6.45, 7) is 7.22. The van der Waals surface area contributed by atoms with Crippen LogP contribution >= 0.6 is 0 Å². The first-order valence-electron chi connectivity index (χ1n) is 7.89. The molecule has 22 heavy (non-hydrogen) atoms. The Balaban J connectivity index is 1.57. The smallest absolute Gasteiger partial charge is 0.261 e. The number of amides is 2. The maximum atomic E-state index is 12.3. The molecular weight excluding hydrogens is 280 g/mol. The van der Waals surface area contributed by atoms with E-state index >= 15 is 0 Å². The Morgan fingerprint density at radius 3 is 2.36 bits per heavy atom. The van der Waals surface area contributed by atoms with Crippen molar-refractivity contribution < 1.29 is 14.3 Å². The molecule has 0 radical (unpaired) electrons. The number of carbonyl (C=O) groups excluding carboxylic acids is 2. The monoisotopic (exact) mass is 302 g/mol. The molecule has 1 aromatic carbocycles. The van der Waals surface area contributed by atoms with Gasteiger partial charge in [0.2, 0.25) is 0 Å². The minimum Gasteiger partial charge on any atom is -0.376 e. The van der Waals surface area contributed by atoms with Crippen molar-refractivity contribution in [2.45, 2.75) is 32.4 Å². The zero-order chi connectivity index (χ0) is 15.7. The number of rotatable bonds is 4. The van der Waals surface area contributed by atoms with Crippen LogP contribution in [0.3, 0.4) is 0 Å². The van der Waals surface area contributed by atoms with Crippen LogP contribution in [0, 0.1) is 0 Å². The highest BCUT2D eigenvalue weighted by Crippen LogP contribution is 2.22. The van der Waals surface area contributed by atoms with Gasteiger partial charge in [0.25, 0.3) is 11.8 Å². The normalized spacial score (nSPS) is 25.6. The Bertz CT molecular complexity index is 552. The molecule has 118 valence electrons. The molecule has 2 aliphatic heterocycles. The molecule has 0 N–H and O–H groups in total. The molecular formula is C17H22N2O3. The van der Waals surface area contributed by atoms with Gasteiger partial charge >= 0.3 is 0 Å². The van der Waals surface area contributed by atoms with Gasteiger partial charge in [-0.1, -0.05) is 12.1 Å². The topological polar surface area (TPSA) is 49.9 Å².